The van der Waals surface area contributed by atoms with E-state index in [-0.39, 0.29) is 11.8 Å². The second kappa shape index (κ2) is 12.6. The third kappa shape index (κ3) is 5.96. The van der Waals surface area contributed by atoms with Crippen molar-refractivity contribution < 1.29 is 14.3 Å². The van der Waals surface area contributed by atoms with Crippen LogP contribution >= 0.6 is 11.6 Å². The number of nitriles is 1. The molecule has 2 N–H and O–H groups in total. The van der Waals surface area contributed by atoms with Crippen LogP contribution in [0, 0.1) is 18.3 Å². The van der Waals surface area contributed by atoms with Gasteiger partial charge in [0, 0.05) is 41.4 Å². The first kappa shape index (κ1) is 28.4. The number of halogens is 1. The lowest BCUT2D eigenvalue weighted by atomic mass is 10.0. The molecule has 0 saturated heterocycles. The van der Waals surface area contributed by atoms with Crippen molar-refractivity contribution in [1.29, 1.82) is 5.26 Å². The van der Waals surface area contributed by atoms with Gasteiger partial charge >= 0.3 is 0 Å². The number of pyridine rings is 2. The first-order valence-corrected chi connectivity index (χ1v) is 13.9. The Morgan fingerprint density at radius 2 is 2.02 bits per heavy atom. The molecule has 1 amide bonds. The fraction of sp³-hybridized carbons (Fsp3) is 0.194. The largest absolute Gasteiger partial charge is 0.492 e. The lowest BCUT2D eigenvalue weighted by Crippen LogP contribution is -2.10. The summed E-state index contributed by atoms with van der Waals surface area (Å²) in [6.07, 6.45) is 6.74. The van der Waals surface area contributed by atoms with Crippen LogP contribution in [0.25, 0.3) is 16.6 Å². The van der Waals surface area contributed by atoms with Crippen LogP contribution in [0.2, 0.25) is 0 Å². The first-order chi connectivity index (χ1) is 20.4. The highest BCUT2D eigenvalue weighted by molar-refractivity contribution is 6.19. The van der Waals surface area contributed by atoms with E-state index in [9.17, 15) is 10.1 Å². The van der Waals surface area contributed by atoms with Crippen LogP contribution in [0.5, 0.6) is 17.2 Å². The molecular formula is C31H28ClN7O3. The number of hydrogen-bond donors (Lipinski definition) is 2. The van der Waals surface area contributed by atoms with Gasteiger partial charge in [-0.15, -0.1) is 11.6 Å². The van der Waals surface area contributed by atoms with Gasteiger partial charge in [0.1, 0.15) is 29.6 Å². The van der Waals surface area contributed by atoms with Crippen molar-refractivity contribution in [1.82, 2.24) is 19.6 Å². The summed E-state index contributed by atoms with van der Waals surface area (Å²) in [7, 11) is 0. The van der Waals surface area contributed by atoms with Crippen LogP contribution in [-0.4, -0.2) is 38.0 Å². The van der Waals surface area contributed by atoms with Crippen molar-refractivity contribution in [2.24, 2.45) is 0 Å². The Morgan fingerprint density at radius 3 is 2.76 bits per heavy atom. The van der Waals surface area contributed by atoms with Gasteiger partial charge in [-0.25, -0.2) is 9.50 Å². The van der Waals surface area contributed by atoms with Crippen molar-refractivity contribution in [2.75, 3.05) is 23.1 Å². The minimum absolute atomic E-state index is 0.215. The van der Waals surface area contributed by atoms with E-state index in [1.165, 1.54) is 12.4 Å². The van der Waals surface area contributed by atoms with E-state index in [0.29, 0.717) is 69.5 Å². The summed E-state index contributed by atoms with van der Waals surface area (Å²) in [5.74, 6) is 1.66. The number of aromatic nitrogens is 4. The third-order valence-electron chi connectivity index (χ3n) is 6.45. The molecule has 0 radical (unpaired) electrons. The summed E-state index contributed by atoms with van der Waals surface area (Å²) >= 11 is 5.69. The van der Waals surface area contributed by atoms with Gasteiger partial charge in [-0.2, -0.15) is 10.4 Å². The van der Waals surface area contributed by atoms with E-state index in [2.05, 4.69) is 26.8 Å². The molecule has 3 heterocycles. The van der Waals surface area contributed by atoms with Gasteiger partial charge in [-0.3, -0.25) is 9.78 Å². The topological polar surface area (TPSA) is 126 Å². The zero-order valence-electron chi connectivity index (χ0n) is 23.3. The molecule has 10 nitrogen and oxygen atoms in total. The van der Waals surface area contributed by atoms with E-state index in [1.807, 2.05) is 51.1 Å². The molecule has 5 aromatic rings. The summed E-state index contributed by atoms with van der Waals surface area (Å²) in [6, 6.07) is 15.2. The van der Waals surface area contributed by atoms with Gasteiger partial charge in [0.15, 0.2) is 5.65 Å². The molecule has 0 aliphatic rings. The number of hydrogen-bond acceptors (Lipinski definition) is 8. The number of amides is 1. The number of nitrogens with one attached hydrogen (secondary N) is 2. The van der Waals surface area contributed by atoms with Crippen LogP contribution in [0.4, 0.5) is 17.1 Å². The molecule has 212 valence electrons. The Morgan fingerprint density at radius 1 is 1.17 bits per heavy atom. The number of alkyl halides is 1. The van der Waals surface area contributed by atoms with Gasteiger partial charge in [0.25, 0.3) is 0 Å². The number of carbonyl (C=O) groups is 1. The van der Waals surface area contributed by atoms with Crippen molar-refractivity contribution in [2.45, 2.75) is 27.2 Å². The number of nitrogens with zero attached hydrogens (tertiary/aromatic N) is 5. The number of allylic oxidation sites excluding steroid dienone is 1. The smallest absolute Gasteiger partial charge is 0.248 e. The molecule has 2 aromatic carbocycles. The Hall–Kier alpha value is -5.14. The molecule has 0 fully saturated rings. The summed E-state index contributed by atoms with van der Waals surface area (Å²) in [4.78, 5) is 21.5. The van der Waals surface area contributed by atoms with E-state index in [0.717, 1.165) is 11.3 Å². The van der Waals surface area contributed by atoms with Gasteiger partial charge in [0.05, 0.1) is 34.8 Å². The third-order valence-corrected chi connectivity index (χ3v) is 6.63. The Labute approximate surface area is 247 Å². The maximum absolute atomic E-state index is 12.5. The van der Waals surface area contributed by atoms with Crippen LogP contribution in [-0.2, 0) is 11.2 Å². The van der Waals surface area contributed by atoms with Crippen molar-refractivity contribution in [3.05, 3.63) is 84.0 Å². The second-order valence-electron chi connectivity index (χ2n) is 9.25. The highest BCUT2D eigenvalue weighted by Gasteiger charge is 2.19. The molecule has 0 spiro atoms. The fourth-order valence-corrected chi connectivity index (χ4v) is 4.61. The molecule has 0 unspecified atom stereocenters. The highest BCUT2D eigenvalue weighted by atomic mass is 35.5. The van der Waals surface area contributed by atoms with Gasteiger partial charge in [-0.05, 0) is 56.2 Å². The van der Waals surface area contributed by atoms with Gasteiger partial charge in [-0.1, -0.05) is 13.0 Å². The van der Waals surface area contributed by atoms with Crippen molar-refractivity contribution >= 4 is 51.1 Å². The minimum atomic E-state index is -0.349. The average Bonchev–Trinajstić information content (AvgIpc) is 3.46. The second-order valence-corrected chi connectivity index (χ2v) is 9.56. The van der Waals surface area contributed by atoms with E-state index < -0.39 is 0 Å². The molecule has 42 heavy (non-hydrogen) atoms. The van der Waals surface area contributed by atoms with Crippen molar-refractivity contribution in [3.63, 3.8) is 0 Å². The number of benzene rings is 2. The summed E-state index contributed by atoms with van der Waals surface area (Å²) < 4.78 is 13.6. The highest BCUT2D eigenvalue weighted by Crippen LogP contribution is 2.38. The van der Waals surface area contributed by atoms with E-state index in [1.54, 1.807) is 28.9 Å². The molecule has 0 aliphatic heterocycles. The number of fused-ring (bicyclic) bond motifs is 2. The standard InChI is InChI=1S/C31H28ClN7O3/c1-4-24-23(17-33)31(22-15-26(38-30(40)7-6-11-32)28(41-5-2)16-25(22)37-24)36-20-8-9-27(19(3)13-20)42-21-10-12-39-29(14-21)34-18-35-39/h6-10,12-16,18H,4-5,11H2,1-3H3,(H,36,37)(H,38,40)/b7-6+. The maximum atomic E-state index is 12.5. The van der Waals surface area contributed by atoms with Crippen LogP contribution in [0.15, 0.2) is 67.1 Å². The first-order valence-electron chi connectivity index (χ1n) is 13.4. The number of carbonyl (C=O) groups excluding carboxylic acids is 1. The normalized spacial score (nSPS) is 11.1. The zero-order chi connectivity index (χ0) is 29.6. The molecule has 0 aliphatic carbocycles. The summed E-state index contributed by atoms with van der Waals surface area (Å²) in [5.41, 5.74) is 5.06. The average molecular weight is 582 g/mol. The predicted molar refractivity (Wildman–Crippen MR) is 163 cm³/mol. The molecule has 0 saturated carbocycles. The molecular weight excluding hydrogens is 554 g/mol. The minimum Gasteiger partial charge on any atom is -0.492 e. The number of aryl methyl sites for hydroxylation is 2. The fourth-order valence-electron chi connectivity index (χ4n) is 4.52. The molecule has 5 rings (SSSR count). The molecule has 0 atom stereocenters. The Balaban J connectivity index is 1.54. The Bertz CT molecular complexity index is 1860. The van der Waals surface area contributed by atoms with E-state index >= 15 is 0 Å². The number of anilines is 3. The summed E-state index contributed by atoms with van der Waals surface area (Å²) in [6.45, 7) is 6.16. The lowest BCUT2D eigenvalue weighted by Gasteiger charge is -2.18. The zero-order valence-corrected chi connectivity index (χ0v) is 24.1. The molecule has 11 heteroatoms. The Kier molecular flexibility index (Phi) is 8.50. The van der Waals surface area contributed by atoms with E-state index in [4.69, 9.17) is 26.1 Å². The number of ether oxygens (including phenoxy) is 2. The molecule has 3 aromatic heterocycles. The quantitative estimate of drug-likeness (QED) is 0.138. The maximum Gasteiger partial charge on any atom is 0.248 e. The lowest BCUT2D eigenvalue weighted by molar-refractivity contribution is -0.111. The van der Waals surface area contributed by atoms with Crippen LogP contribution in [0.3, 0.4) is 0 Å². The van der Waals surface area contributed by atoms with Crippen molar-refractivity contribution in [3.8, 4) is 23.3 Å². The van der Waals surface area contributed by atoms with Crippen LogP contribution < -0.4 is 20.1 Å². The predicted octanol–water partition coefficient (Wildman–Crippen LogP) is 6.69. The number of rotatable bonds is 10. The summed E-state index contributed by atoms with van der Waals surface area (Å²) in [5, 5.41) is 21.2. The monoisotopic (exact) mass is 581 g/mol. The SMILES string of the molecule is CCOc1cc2nc(CC)c(C#N)c(Nc3ccc(Oc4ccn5ncnc5c4)c(C)c3)c2cc1NC(=O)/C=C/CCl. The molecule has 0 bridgehead atoms. The van der Waals surface area contributed by atoms with Crippen LogP contribution in [0.1, 0.15) is 30.7 Å². The van der Waals surface area contributed by atoms with Gasteiger partial charge < -0.3 is 20.1 Å². The van der Waals surface area contributed by atoms with Gasteiger partial charge in [0.2, 0.25) is 5.91 Å².